The van der Waals surface area contributed by atoms with Crippen LogP contribution in [-0.4, -0.2) is 26.2 Å². The van der Waals surface area contributed by atoms with Gasteiger partial charge in [0.1, 0.15) is 0 Å². The Balaban J connectivity index is 0.00000484. The Morgan fingerprint density at radius 3 is 2.43 bits per heavy atom. The maximum absolute atomic E-state index is 5.18. The summed E-state index contributed by atoms with van der Waals surface area (Å²) in [5.74, 6) is 1.60. The molecule has 0 aromatic heterocycles. The summed E-state index contributed by atoms with van der Waals surface area (Å²) in [4.78, 5) is 4.68. The lowest BCUT2D eigenvalue weighted by Gasteiger charge is -2.16. The molecular weight excluding hydrogens is 401 g/mol. The van der Waals surface area contributed by atoms with Gasteiger partial charge in [-0.05, 0) is 24.0 Å². The highest BCUT2D eigenvalue weighted by molar-refractivity contribution is 14.0. The van der Waals surface area contributed by atoms with Crippen LogP contribution in [-0.2, 0) is 17.9 Å². The molecule has 1 rings (SSSR count). The smallest absolute Gasteiger partial charge is 0.191 e. The number of halogens is 1. The van der Waals surface area contributed by atoms with E-state index in [4.69, 9.17) is 4.74 Å². The van der Waals surface area contributed by atoms with E-state index in [-0.39, 0.29) is 24.0 Å². The van der Waals surface area contributed by atoms with Crippen molar-refractivity contribution in [3.63, 3.8) is 0 Å². The second-order valence-corrected chi connectivity index (χ2v) is 5.51. The fourth-order valence-corrected chi connectivity index (χ4v) is 2.31. The first-order valence-electron chi connectivity index (χ1n) is 8.32. The summed E-state index contributed by atoms with van der Waals surface area (Å²) in [6, 6.07) is 8.39. The first-order chi connectivity index (χ1) is 10.7. The van der Waals surface area contributed by atoms with Crippen molar-refractivity contribution in [3.8, 4) is 0 Å². The summed E-state index contributed by atoms with van der Waals surface area (Å²) in [7, 11) is 1.72. The predicted molar refractivity (Wildman–Crippen MR) is 109 cm³/mol. The summed E-state index contributed by atoms with van der Waals surface area (Å²) in [6.45, 7) is 9.73. The fourth-order valence-electron chi connectivity index (χ4n) is 2.31. The number of benzene rings is 1. The molecule has 5 heteroatoms. The van der Waals surface area contributed by atoms with Gasteiger partial charge in [-0.25, -0.2) is 4.99 Å². The molecule has 0 unspecified atom stereocenters. The number of ether oxygens (including phenoxy) is 1. The van der Waals surface area contributed by atoms with Gasteiger partial charge < -0.3 is 15.4 Å². The zero-order chi connectivity index (χ0) is 16.2. The van der Waals surface area contributed by atoms with Gasteiger partial charge in [-0.15, -0.1) is 24.0 Å². The zero-order valence-electron chi connectivity index (χ0n) is 14.9. The molecule has 0 bridgehead atoms. The quantitative estimate of drug-likeness (QED) is 0.352. The van der Waals surface area contributed by atoms with E-state index in [1.807, 2.05) is 0 Å². The van der Waals surface area contributed by atoms with E-state index in [1.54, 1.807) is 7.11 Å². The van der Waals surface area contributed by atoms with Gasteiger partial charge in [-0.2, -0.15) is 0 Å². The lowest BCUT2D eigenvalue weighted by atomic mass is 10.0. The Labute approximate surface area is 158 Å². The van der Waals surface area contributed by atoms with Crippen LogP contribution in [0.5, 0.6) is 0 Å². The molecule has 4 nitrogen and oxygen atoms in total. The molecule has 0 atom stereocenters. The monoisotopic (exact) mass is 433 g/mol. The Hall–Kier alpha value is -0.820. The van der Waals surface area contributed by atoms with Crippen LogP contribution in [0.25, 0.3) is 0 Å². The van der Waals surface area contributed by atoms with E-state index in [1.165, 1.54) is 24.0 Å². The van der Waals surface area contributed by atoms with Crippen molar-refractivity contribution < 1.29 is 4.74 Å². The highest BCUT2D eigenvalue weighted by atomic mass is 127. The molecule has 0 saturated carbocycles. The normalized spacial score (nSPS) is 11.3. The molecule has 0 heterocycles. The van der Waals surface area contributed by atoms with E-state index < -0.39 is 0 Å². The maximum atomic E-state index is 5.18. The molecule has 2 N–H and O–H groups in total. The molecule has 132 valence electrons. The Morgan fingerprint density at radius 1 is 1.13 bits per heavy atom. The highest BCUT2D eigenvalue weighted by Gasteiger charge is 2.05. The number of guanidine groups is 1. The third-order valence-electron chi connectivity index (χ3n) is 3.78. The molecule has 0 amide bonds. The maximum Gasteiger partial charge on any atom is 0.191 e. The van der Waals surface area contributed by atoms with Gasteiger partial charge in [-0.3, -0.25) is 0 Å². The van der Waals surface area contributed by atoms with Crippen molar-refractivity contribution in [1.29, 1.82) is 0 Å². The molecule has 1 aromatic carbocycles. The van der Waals surface area contributed by atoms with Gasteiger partial charge in [0.05, 0.1) is 13.2 Å². The van der Waals surface area contributed by atoms with Crippen LogP contribution in [0, 0.1) is 5.92 Å². The van der Waals surface area contributed by atoms with Crippen LogP contribution < -0.4 is 10.6 Å². The summed E-state index contributed by atoms with van der Waals surface area (Å²) in [5.41, 5.74) is 2.39. The Bertz CT molecular complexity index is 448. The van der Waals surface area contributed by atoms with Crippen LogP contribution in [0.15, 0.2) is 29.3 Å². The predicted octanol–water partition coefficient (Wildman–Crippen LogP) is 3.94. The van der Waals surface area contributed by atoms with Crippen LogP contribution in [0.4, 0.5) is 0 Å². The number of aliphatic imine (C=N–C) groups is 1. The van der Waals surface area contributed by atoms with Gasteiger partial charge >= 0.3 is 0 Å². The molecule has 23 heavy (non-hydrogen) atoms. The number of hydrogen-bond acceptors (Lipinski definition) is 2. The molecule has 0 radical (unpaired) electrons. The number of hydrogen-bond donors (Lipinski definition) is 2. The second kappa shape index (κ2) is 13.6. The first-order valence-corrected chi connectivity index (χ1v) is 8.32. The van der Waals surface area contributed by atoms with Gasteiger partial charge in [0.2, 0.25) is 0 Å². The number of methoxy groups -OCH3 is 1. The summed E-state index contributed by atoms with van der Waals surface area (Å²) in [5, 5.41) is 6.76. The molecule has 0 spiro atoms. The van der Waals surface area contributed by atoms with Gasteiger partial charge in [-0.1, -0.05) is 51.0 Å². The van der Waals surface area contributed by atoms with Crippen molar-refractivity contribution in [2.45, 2.75) is 46.8 Å². The SMILES string of the molecule is CCNC(=NCc1cccc(COC)c1)NCC(CC)CC.I. The number of nitrogens with one attached hydrogen (secondary N) is 2. The molecule has 0 aliphatic heterocycles. The molecular formula is C18H32IN3O. The highest BCUT2D eigenvalue weighted by Crippen LogP contribution is 2.08. The topological polar surface area (TPSA) is 45.7 Å². The van der Waals surface area contributed by atoms with Crippen LogP contribution in [0.1, 0.15) is 44.7 Å². The average molecular weight is 433 g/mol. The standard InChI is InChI=1S/C18H31N3O.HI/c1-5-15(6-2)12-20-18(19-7-3)21-13-16-9-8-10-17(11-16)14-22-4;/h8-11,15H,5-7,12-14H2,1-4H3,(H2,19,20,21);1H. The van der Waals surface area contributed by atoms with Crippen LogP contribution >= 0.6 is 24.0 Å². The van der Waals surface area contributed by atoms with Gasteiger partial charge in [0.15, 0.2) is 5.96 Å². The Kier molecular flexibility index (Phi) is 13.1. The van der Waals surface area contributed by atoms with Crippen LogP contribution in [0.2, 0.25) is 0 Å². The minimum absolute atomic E-state index is 0. The zero-order valence-corrected chi connectivity index (χ0v) is 17.2. The number of rotatable bonds is 9. The van der Waals surface area contributed by atoms with Crippen molar-refractivity contribution in [1.82, 2.24) is 10.6 Å². The van der Waals surface area contributed by atoms with Crippen molar-refractivity contribution >= 4 is 29.9 Å². The van der Waals surface area contributed by atoms with Gasteiger partial charge in [0, 0.05) is 20.2 Å². The van der Waals surface area contributed by atoms with E-state index in [2.05, 4.69) is 60.7 Å². The van der Waals surface area contributed by atoms with Crippen LogP contribution in [0.3, 0.4) is 0 Å². The van der Waals surface area contributed by atoms with E-state index >= 15 is 0 Å². The van der Waals surface area contributed by atoms with E-state index in [0.29, 0.717) is 19.1 Å². The summed E-state index contributed by atoms with van der Waals surface area (Å²) in [6.07, 6.45) is 2.39. The Morgan fingerprint density at radius 2 is 1.83 bits per heavy atom. The summed E-state index contributed by atoms with van der Waals surface area (Å²) < 4.78 is 5.18. The van der Waals surface area contributed by atoms with Crippen molar-refractivity contribution in [2.75, 3.05) is 20.2 Å². The second-order valence-electron chi connectivity index (χ2n) is 5.51. The lowest BCUT2D eigenvalue weighted by molar-refractivity contribution is 0.185. The third kappa shape index (κ3) is 9.15. The van der Waals surface area contributed by atoms with Crippen molar-refractivity contribution in [2.24, 2.45) is 10.9 Å². The minimum atomic E-state index is 0. The molecule has 0 saturated heterocycles. The molecule has 0 aliphatic carbocycles. The molecule has 0 fully saturated rings. The first kappa shape index (κ1) is 22.2. The van der Waals surface area contributed by atoms with Gasteiger partial charge in [0.25, 0.3) is 0 Å². The lowest BCUT2D eigenvalue weighted by Crippen LogP contribution is -2.39. The largest absolute Gasteiger partial charge is 0.380 e. The van der Waals surface area contributed by atoms with Crippen molar-refractivity contribution in [3.05, 3.63) is 35.4 Å². The number of nitrogens with zero attached hydrogens (tertiary/aromatic N) is 1. The average Bonchev–Trinajstić information content (AvgIpc) is 2.54. The third-order valence-corrected chi connectivity index (χ3v) is 3.78. The fraction of sp³-hybridized carbons (Fsp3) is 0.611. The molecule has 1 aromatic rings. The minimum Gasteiger partial charge on any atom is -0.380 e. The van der Waals surface area contributed by atoms with E-state index in [0.717, 1.165) is 19.0 Å². The van der Waals surface area contributed by atoms with E-state index in [9.17, 15) is 0 Å². The molecule has 0 aliphatic rings. The summed E-state index contributed by atoms with van der Waals surface area (Å²) >= 11 is 0.